The van der Waals surface area contributed by atoms with E-state index in [1.54, 1.807) is 6.20 Å². The van der Waals surface area contributed by atoms with Gasteiger partial charge in [-0.1, -0.05) is 6.07 Å². The normalized spacial score (nSPS) is 10.0. The van der Waals surface area contributed by atoms with Crippen molar-refractivity contribution in [2.45, 2.75) is 0 Å². The minimum atomic E-state index is -0.143. The molecule has 0 saturated heterocycles. The maximum atomic E-state index is 10.7. The molecule has 0 aliphatic rings. The van der Waals surface area contributed by atoms with E-state index in [9.17, 15) is 4.79 Å². The molecule has 0 aliphatic carbocycles. The highest BCUT2D eigenvalue weighted by molar-refractivity contribution is 5.52. The zero-order chi connectivity index (χ0) is 8.39. The first-order valence-electron chi connectivity index (χ1n) is 3.55. The first-order valence-corrected chi connectivity index (χ1v) is 3.55. The molecule has 0 atom stereocenters. The summed E-state index contributed by atoms with van der Waals surface area (Å²) in [7, 11) is 0. The van der Waals surface area contributed by atoms with E-state index in [0.29, 0.717) is 5.69 Å². The van der Waals surface area contributed by atoms with Crippen LogP contribution in [-0.2, 0) is 0 Å². The number of rotatable bonds is 1. The molecule has 4 heteroatoms. The van der Waals surface area contributed by atoms with Gasteiger partial charge in [0.15, 0.2) is 0 Å². The fourth-order valence-electron chi connectivity index (χ4n) is 0.992. The Kier molecular flexibility index (Phi) is 1.51. The van der Waals surface area contributed by atoms with E-state index in [2.05, 4.69) is 15.2 Å². The first kappa shape index (κ1) is 6.84. The number of hydrogen-bond acceptors (Lipinski definition) is 2. The van der Waals surface area contributed by atoms with Gasteiger partial charge in [0.25, 0.3) is 5.56 Å². The monoisotopic (exact) mass is 161 g/mol. The molecule has 0 bridgehead atoms. The summed E-state index contributed by atoms with van der Waals surface area (Å²) in [5, 5.41) is 5.17. The third-order valence-corrected chi connectivity index (χ3v) is 1.54. The van der Waals surface area contributed by atoms with Crippen LogP contribution in [0.15, 0.2) is 35.3 Å². The topological polar surface area (TPSA) is 61.5 Å². The minimum Gasteiger partial charge on any atom is -0.296 e. The van der Waals surface area contributed by atoms with Gasteiger partial charge in [-0.2, -0.15) is 0 Å². The summed E-state index contributed by atoms with van der Waals surface area (Å²) in [6.07, 6.45) is 1.68. The summed E-state index contributed by atoms with van der Waals surface area (Å²) in [5.41, 5.74) is 1.33. The largest absolute Gasteiger partial charge is 0.296 e. The molecule has 2 rings (SSSR count). The molecule has 60 valence electrons. The second-order valence-corrected chi connectivity index (χ2v) is 2.39. The van der Waals surface area contributed by atoms with Gasteiger partial charge in [-0.15, -0.1) is 0 Å². The highest BCUT2D eigenvalue weighted by Crippen LogP contribution is 2.08. The maximum Gasteiger partial charge on any atom is 0.264 e. The van der Waals surface area contributed by atoms with Crippen molar-refractivity contribution in [1.29, 1.82) is 0 Å². The molecule has 4 nitrogen and oxygen atoms in total. The van der Waals surface area contributed by atoms with E-state index in [0.717, 1.165) is 5.69 Å². The Hall–Kier alpha value is -1.84. The standard InChI is InChI=1S/C8H7N3O/c12-8-5-7(10-11-8)6-3-1-2-4-9-6/h1-5H,(H2,10,11,12). The lowest BCUT2D eigenvalue weighted by Crippen LogP contribution is -1.93. The Morgan fingerprint density at radius 3 is 2.75 bits per heavy atom. The van der Waals surface area contributed by atoms with E-state index in [-0.39, 0.29) is 5.56 Å². The van der Waals surface area contributed by atoms with Crippen LogP contribution in [0.25, 0.3) is 11.4 Å². The summed E-state index contributed by atoms with van der Waals surface area (Å²) in [4.78, 5) is 14.8. The molecule has 0 aromatic carbocycles. The van der Waals surface area contributed by atoms with Crippen molar-refractivity contribution in [1.82, 2.24) is 15.2 Å². The number of aromatic nitrogens is 3. The lowest BCUT2D eigenvalue weighted by atomic mass is 10.3. The van der Waals surface area contributed by atoms with Crippen molar-refractivity contribution in [2.24, 2.45) is 0 Å². The van der Waals surface area contributed by atoms with Crippen LogP contribution in [0.3, 0.4) is 0 Å². The lowest BCUT2D eigenvalue weighted by Gasteiger charge is -1.92. The molecule has 2 aromatic heterocycles. The van der Waals surface area contributed by atoms with Gasteiger partial charge in [-0.25, -0.2) is 0 Å². The van der Waals surface area contributed by atoms with Gasteiger partial charge in [0.2, 0.25) is 0 Å². The molecular weight excluding hydrogens is 154 g/mol. The van der Waals surface area contributed by atoms with Gasteiger partial charge < -0.3 is 0 Å². The van der Waals surface area contributed by atoms with Gasteiger partial charge in [-0.3, -0.25) is 20.0 Å². The van der Waals surface area contributed by atoms with Crippen LogP contribution in [-0.4, -0.2) is 15.2 Å². The van der Waals surface area contributed by atoms with E-state index in [1.165, 1.54) is 6.07 Å². The molecule has 2 heterocycles. The summed E-state index contributed by atoms with van der Waals surface area (Å²) >= 11 is 0. The molecule has 2 aromatic rings. The summed E-state index contributed by atoms with van der Waals surface area (Å²) in [6, 6.07) is 7.00. The predicted octanol–water partition coefficient (Wildman–Crippen LogP) is 0.765. The van der Waals surface area contributed by atoms with E-state index in [4.69, 9.17) is 0 Å². The second-order valence-electron chi connectivity index (χ2n) is 2.39. The van der Waals surface area contributed by atoms with E-state index < -0.39 is 0 Å². The second kappa shape index (κ2) is 2.65. The molecule has 2 N–H and O–H groups in total. The Morgan fingerprint density at radius 1 is 1.25 bits per heavy atom. The Labute approximate surface area is 68.3 Å². The predicted molar refractivity (Wildman–Crippen MR) is 44.6 cm³/mol. The third-order valence-electron chi connectivity index (χ3n) is 1.54. The Morgan fingerprint density at radius 2 is 2.17 bits per heavy atom. The highest BCUT2D eigenvalue weighted by atomic mass is 16.1. The summed E-state index contributed by atoms with van der Waals surface area (Å²) in [5.74, 6) is 0. The fourth-order valence-corrected chi connectivity index (χ4v) is 0.992. The van der Waals surface area contributed by atoms with Crippen molar-refractivity contribution in [3.63, 3.8) is 0 Å². The summed E-state index contributed by atoms with van der Waals surface area (Å²) in [6.45, 7) is 0. The Bertz CT molecular complexity index is 415. The van der Waals surface area contributed by atoms with Crippen molar-refractivity contribution in [3.8, 4) is 11.4 Å². The van der Waals surface area contributed by atoms with Crippen LogP contribution in [0, 0.1) is 0 Å². The van der Waals surface area contributed by atoms with Crippen LogP contribution in [0.1, 0.15) is 0 Å². The number of hydrogen-bond donors (Lipinski definition) is 2. The van der Waals surface area contributed by atoms with E-state index >= 15 is 0 Å². The van der Waals surface area contributed by atoms with Crippen LogP contribution in [0.5, 0.6) is 0 Å². The molecule has 0 saturated carbocycles. The van der Waals surface area contributed by atoms with Gasteiger partial charge in [0.1, 0.15) is 0 Å². The van der Waals surface area contributed by atoms with Crippen molar-refractivity contribution >= 4 is 0 Å². The number of H-pyrrole nitrogens is 2. The molecule has 0 radical (unpaired) electrons. The molecule has 0 amide bonds. The Balaban J connectivity index is 2.51. The molecule has 0 unspecified atom stereocenters. The van der Waals surface area contributed by atoms with Gasteiger partial charge >= 0.3 is 0 Å². The number of pyridine rings is 1. The molecule has 0 aliphatic heterocycles. The number of nitrogens with zero attached hydrogens (tertiary/aromatic N) is 1. The van der Waals surface area contributed by atoms with Crippen LogP contribution < -0.4 is 5.56 Å². The fraction of sp³-hybridized carbons (Fsp3) is 0. The van der Waals surface area contributed by atoms with Gasteiger partial charge in [-0.05, 0) is 12.1 Å². The number of aromatic amines is 2. The van der Waals surface area contributed by atoms with Gasteiger partial charge in [0, 0.05) is 12.3 Å². The average molecular weight is 161 g/mol. The highest BCUT2D eigenvalue weighted by Gasteiger charge is 1.98. The maximum absolute atomic E-state index is 10.7. The third kappa shape index (κ3) is 1.14. The number of nitrogens with one attached hydrogen (secondary N) is 2. The molecule has 0 fully saturated rings. The zero-order valence-corrected chi connectivity index (χ0v) is 6.24. The van der Waals surface area contributed by atoms with E-state index in [1.807, 2.05) is 18.2 Å². The van der Waals surface area contributed by atoms with Crippen molar-refractivity contribution in [3.05, 3.63) is 40.8 Å². The lowest BCUT2D eigenvalue weighted by molar-refractivity contribution is 1.05. The molecule has 12 heavy (non-hydrogen) atoms. The van der Waals surface area contributed by atoms with Crippen LogP contribution in [0.4, 0.5) is 0 Å². The SMILES string of the molecule is O=c1cc(-c2ccccn2)[nH][nH]1. The quantitative estimate of drug-likeness (QED) is 0.648. The van der Waals surface area contributed by atoms with Crippen LogP contribution >= 0.6 is 0 Å². The van der Waals surface area contributed by atoms with Crippen molar-refractivity contribution < 1.29 is 0 Å². The minimum absolute atomic E-state index is 0.143. The smallest absolute Gasteiger partial charge is 0.264 e. The van der Waals surface area contributed by atoms with Crippen LogP contribution in [0.2, 0.25) is 0 Å². The molecular formula is C8H7N3O. The van der Waals surface area contributed by atoms with Gasteiger partial charge in [0.05, 0.1) is 11.4 Å². The molecule has 0 spiro atoms. The van der Waals surface area contributed by atoms with Crippen molar-refractivity contribution in [2.75, 3.05) is 0 Å². The summed E-state index contributed by atoms with van der Waals surface area (Å²) < 4.78 is 0. The first-order chi connectivity index (χ1) is 5.86. The average Bonchev–Trinajstić information content (AvgIpc) is 2.54. The zero-order valence-electron chi connectivity index (χ0n) is 6.24.